The van der Waals surface area contributed by atoms with Crippen LogP contribution in [0.1, 0.15) is 0 Å². The lowest BCUT2D eigenvalue weighted by atomic mass is 10.1. The van der Waals surface area contributed by atoms with Crippen molar-refractivity contribution in [2.75, 3.05) is 0 Å². The van der Waals surface area contributed by atoms with Crippen molar-refractivity contribution in [3.63, 3.8) is 0 Å². The van der Waals surface area contributed by atoms with Crippen LogP contribution in [0, 0.1) is 0 Å². The van der Waals surface area contributed by atoms with E-state index in [1.807, 2.05) is 48.5 Å². The molecule has 0 atom stereocenters. The van der Waals surface area contributed by atoms with Crippen LogP contribution in [0.15, 0.2) is 66.0 Å². The number of hydrogen-bond donors (Lipinski definition) is 0. The smallest absolute Gasteiger partial charge is 0.162 e. The van der Waals surface area contributed by atoms with Crippen molar-refractivity contribution in [2.24, 2.45) is 0 Å². The van der Waals surface area contributed by atoms with E-state index in [1.165, 1.54) is 0 Å². The van der Waals surface area contributed by atoms with Gasteiger partial charge in [0.15, 0.2) is 5.82 Å². The van der Waals surface area contributed by atoms with Gasteiger partial charge >= 0.3 is 0 Å². The molecule has 0 aliphatic rings. The fourth-order valence-corrected chi connectivity index (χ4v) is 3.72. The molecule has 0 unspecified atom stereocenters. The Morgan fingerprint density at radius 2 is 1.41 bits per heavy atom. The van der Waals surface area contributed by atoms with Crippen molar-refractivity contribution in [1.29, 1.82) is 0 Å². The highest BCUT2D eigenvalue weighted by Gasteiger charge is 2.14. The van der Waals surface area contributed by atoms with E-state index in [1.54, 1.807) is 11.3 Å². The van der Waals surface area contributed by atoms with Gasteiger partial charge in [0.1, 0.15) is 9.98 Å². The van der Waals surface area contributed by atoms with Gasteiger partial charge in [-0.2, -0.15) is 0 Å². The van der Waals surface area contributed by atoms with Crippen LogP contribution in [0.3, 0.4) is 0 Å². The SMILES string of the molecule is Clc1nc(-c2ccccc2)nc2scc(-c3ccccc3)c12. The topological polar surface area (TPSA) is 25.8 Å². The Kier molecular flexibility index (Phi) is 3.37. The molecular weight excluding hydrogens is 312 g/mol. The summed E-state index contributed by atoms with van der Waals surface area (Å²) in [6.07, 6.45) is 0. The molecule has 4 aromatic rings. The molecule has 106 valence electrons. The van der Waals surface area contributed by atoms with Crippen LogP contribution in [0.25, 0.3) is 32.7 Å². The van der Waals surface area contributed by atoms with Crippen LogP contribution in [-0.2, 0) is 0 Å². The van der Waals surface area contributed by atoms with Gasteiger partial charge in [-0.15, -0.1) is 11.3 Å². The second-order valence-electron chi connectivity index (χ2n) is 4.90. The number of benzene rings is 2. The maximum atomic E-state index is 6.46. The van der Waals surface area contributed by atoms with Crippen LogP contribution < -0.4 is 0 Å². The molecule has 22 heavy (non-hydrogen) atoms. The minimum atomic E-state index is 0.504. The molecule has 0 aliphatic heterocycles. The fourth-order valence-electron chi connectivity index (χ4n) is 2.45. The molecule has 4 rings (SSSR count). The number of fused-ring (bicyclic) bond motifs is 1. The van der Waals surface area contributed by atoms with Gasteiger partial charge < -0.3 is 0 Å². The highest BCUT2D eigenvalue weighted by atomic mass is 35.5. The molecule has 4 heteroatoms. The first-order valence-electron chi connectivity index (χ1n) is 6.88. The number of aromatic nitrogens is 2. The van der Waals surface area contributed by atoms with Gasteiger partial charge in [0.2, 0.25) is 0 Å². The molecule has 0 radical (unpaired) electrons. The van der Waals surface area contributed by atoms with Crippen LogP contribution in [-0.4, -0.2) is 9.97 Å². The van der Waals surface area contributed by atoms with Crippen molar-refractivity contribution in [3.05, 3.63) is 71.2 Å². The Hall–Kier alpha value is -2.23. The van der Waals surface area contributed by atoms with Gasteiger partial charge in [0.25, 0.3) is 0 Å². The normalized spacial score (nSPS) is 11.0. The van der Waals surface area contributed by atoms with Gasteiger partial charge in [-0.1, -0.05) is 72.3 Å². The summed E-state index contributed by atoms with van der Waals surface area (Å²) in [5.41, 5.74) is 3.19. The first kappa shape index (κ1) is 13.4. The van der Waals surface area contributed by atoms with Crippen LogP contribution in [0.2, 0.25) is 5.15 Å². The zero-order valence-corrected chi connectivity index (χ0v) is 13.1. The summed E-state index contributed by atoms with van der Waals surface area (Å²) in [6.45, 7) is 0. The molecule has 0 amide bonds. The molecule has 2 nitrogen and oxygen atoms in total. The van der Waals surface area contributed by atoms with E-state index in [-0.39, 0.29) is 0 Å². The standard InChI is InChI=1S/C18H11ClN2S/c19-16-15-14(12-7-3-1-4-8-12)11-22-18(15)21-17(20-16)13-9-5-2-6-10-13/h1-11H. The van der Waals surface area contributed by atoms with Crippen molar-refractivity contribution in [1.82, 2.24) is 9.97 Å². The number of thiophene rings is 1. The minimum Gasteiger partial charge on any atom is -0.217 e. The molecule has 2 aromatic heterocycles. The van der Waals surface area contributed by atoms with Gasteiger partial charge in [0.05, 0.1) is 5.39 Å². The molecule has 0 saturated carbocycles. The molecule has 0 bridgehead atoms. The van der Waals surface area contributed by atoms with Gasteiger partial charge in [-0.05, 0) is 5.56 Å². The average Bonchev–Trinajstić information content (AvgIpc) is 3.01. The van der Waals surface area contributed by atoms with E-state index in [0.29, 0.717) is 11.0 Å². The molecule has 2 aromatic carbocycles. The van der Waals surface area contributed by atoms with Crippen molar-refractivity contribution < 1.29 is 0 Å². The average molecular weight is 323 g/mol. The van der Waals surface area contributed by atoms with Crippen molar-refractivity contribution in [3.8, 4) is 22.5 Å². The fraction of sp³-hybridized carbons (Fsp3) is 0. The van der Waals surface area contributed by atoms with E-state index in [0.717, 1.165) is 26.9 Å². The molecule has 0 fully saturated rings. The van der Waals surface area contributed by atoms with Crippen molar-refractivity contribution in [2.45, 2.75) is 0 Å². The Balaban J connectivity index is 1.92. The lowest BCUT2D eigenvalue weighted by Gasteiger charge is -2.04. The van der Waals surface area contributed by atoms with E-state index < -0.39 is 0 Å². The molecule has 0 N–H and O–H groups in total. The quantitative estimate of drug-likeness (QED) is 0.444. The lowest BCUT2D eigenvalue weighted by molar-refractivity contribution is 1.24. The maximum absolute atomic E-state index is 6.46. The Labute approximate surface area is 137 Å². The van der Waals surface area contributed by atoms with E-state index in [9.17, 15) is 0 Å². The summed E-state index contributed by atoms with van der Waals surface area (Å²) in [6, 6.07) is 20.1. The zero-order valence-electron chi connectivity index (χ0n) is 11.5. The Morgan fingerprint density at radius 1 is 0.773 bits per heavy atom. The molecule has 2 heterocycles. The summed E-state index contributed by atoms with van der Waals surface area (Å²) < 4.78 is 0. The summed E-state index contributed by atoms with van der Waals surface area (Å²) >= 11 is 8.06. The predicted octanol–water partition coefficient (Wildman–Crippen LogP) is 5.68. The second-order valence-corrected chi connectivity index (χ2v) is 6.12. The van der Waals surface area contributed by atoms with Gasteiger partial charge in [-0.3, -0.25) is 0 Å². The Morgan fingerprint density at radius 3 is 2.09 bits per heavy atom. The molecule has 0 spiro atoms. The van der Waals surface area contributed by atoms with Gasteiger partial charge in [0, 0.05) is 16.5 Å². The first-order valence-corrected chi connectivity index (χ1v) is 8.14. The minimum absolute atomic E-state index is 0.504. The Bertz CT molecular complexity index is 933. The molecular formula is C18H11ClN2S. The summed E-state index contributed by atoms with van der Waals surface area (Å²) in [7, 11) is 0. The summed E-state index contributed by atoms with van der Waals surface area (Å²) in [4.78, 5) is 10.1. The molecule has 0 saturated heterocycles. The lowest BCUT2D eigenvalue weighted by Crippen LogP contribution is -1.90. The monoisotopic (exact) mass is 322 g/mol. The first-order chi connectivity index (χ1) is 10.8. The number of hydrogen-bond acceptors (Lipinski definition) is 3. The number of rotatable bonds is 2. The predicted molar refractivity (Wildman–Crippen MR) is 93.3 cm³/mol. The number of halogens is 1. The number of nitrogens with zero attached hydrogens (tertiary/aromatic N) is 2. The zero-order chi connectivity index (χ0) is 14.9. The van der Waals surface area contributed by atoms with Gasteiger partial charge in [-0.25, -0.2) is 9.97 Å². The van der Waals surface area contributed by atoms with E-state index >= 15 is 0 Å². The maximum Gasteiger partial charge on any atom is 0.162 e. The van der Waals surface area contributed by atoms with Crippen molar-refractivity contribution >= 4 is 33.2 Å². The third-order valence-electron chi connectivity index (χ3n) is 3.51. The summed E-state index contributed by atoms with van der Waals surface area (Å²) in [5, 5.41) is 3.52. The highest BCUT2D eigenvalue weighted by molar-refractivity contribution is 7.17. The van der Waals surface area contributed by atoms with Crippen LogP contribution in [0.5, 0.6) is 0 Å². The van der Waals surface area contributed by atoms with Crippen LogP contribution in [0.4, 0.5) is 0 Å². The second kappa shape index (κ2) is 5.52. The third kappa shape index (κ3) is 2.28. The van der Waals surface area contributed by atoms with Crippen LogP contribution >= 0.6 is 22.9 Å². The summed E-state index contributed by atoms with van der Waals surface area (Å²) in [5.74, 6) is 0.666. The van der Waals surface area contributed by atoms with E-state index in [4.69, 9.17) is 11.6 Å². The highest BCUT2D eigenvalue weighted by Crippen LogP contribution is 2.37. The van der Waals surface area contributed by atoms with E-state index in [2.05, 4.69) is 27.5 Å². The molecule has 0 aliphatic carbocycles. The largest absolute Gasteiger partial charge is 0.217 e. The third-order valence-corrected chi connectivity index (χ3v) is 4.65.